The number of ether oxygens (including phenoxy) is 2. The summed E-state index contributed by atoms with van der Waals surface area (Å²) in [4.78, 5) is 4.53. The van der Waals surface area contributed by atoms with Crippen molar-refractivity contribution in [1.82, 2.24) is 10.6 Å². The van der Waals surface area contributed by atoms with Gasteiger partial charge in [-0.25, -0.2) is 4.39 Å². The molecule has 0 bridgehead atoms. The third kappa shape index (κ3) is 6.39. The van der Waals surface area contributed by atoms with Crippen LogP contribution in [0.25, 0.3) is 0 Å². The van der Waals surface area contributed by atoms with E-state index in [1.807, 2.05) is 19.1 Å². The van der Waals surface area contributed by atoms with Gasteiger partial charge in [0.2, 0.25) is 0 Å². The van der Waals surface area contributed by atoms with Crippen molar-refractivity contribution in [3.05, 3.63) is 53.2 Å². The van der Waals surface area contributed by atoms with Gasteiger partial charge in [0.25, 0.3) is 0 Å². The molecule has 0 amide bonds. The van der Waals surface area contributed by atoms with E-state index in [0.717, 1.165) is 41.6 Å². The summed E-state index contributed by atoms with van der Waals surface area (Å²) in [5.74, 6) is 2.11. The number of aliphatic imine (C=N–C) groups is 1. The molecule has 0 saturated carbocycles. The van der Waals surface area contributed by atoms with Crippen molar-refractivity contribution in [2.75, 3.05) is 26.4 Å². The summed E-state index contributed by atoms with van der Waals surface area (Å²) in [5.41, 5.74) is 1.59. The lowest BCUT2D eigenvalue weighted by Crippen LogP contribution is -2.38. The maximum Gasteiger partial charge on any atom is 0.191 e. The minimum Gasteiger partial charge on any atom is -0.469 e. The summed E-state index contributed by atoms with van der Waals surface area (Å²) in [7, 11) is 0. The zero-order chi connectivity index (χ0) is 18.2. The number of furan rings is 1. The van der Waals surface area contributed by atoms with E-state index in [9.17, 15) is 4.39 Å². The first-order valence-corrected chi connectivity index (χ1v) is 8.82. The standard InChI is InChI=1S/C19H24FN3O3.HI/c1-2-21-19(23-8-6-17-4-3-9-25-17)22-7-5-14-10-16(20)11-15-12-24-13-26-18(14)15;/h3-4,9-11H,2,5-8,12-13H2,1H3,(H2,21,22,23);1H. The number of guanidine groups is 1. The number of nitrogens with one attached hydrogen (secondary N) is 2. The Bertz CT molecular complexity index is 738. The van der Waals surface area contributed by atoms with Crippen molar-refractivity contribution >= 4 is 29.9 Å². The van der Waals surface area contributed by atoms with E-state index in [-0.39, 0.29) is 36.6 Å². The predicted molar refractivity (Wildman–Crippen MR) is 112 cm³/mol. The number of rotatable bonds is 7. The minimum atomic E-state index is -0.271. The van der Waals surface area contributed by atoms with Gasteiger partial charge < -0.3 is 24.5 Å². The Morgan fingerprint density at radius 1 is 1.26 bits per heavy atom. The van der Waals surface area contributed by atoms with Crippen LogP contribution in [0.3, 0.4) is 0 Å². The molecule has 0 radical (unpaired) electrons. The molecule has 3 rings (SSSR count). The molecule has 27 heavy (non-hydrogen) atoms. The molecular formula is C19H25FIN3O3. The highest BCUT2D eigenvalue weighted by molar-refractivity contribution is 14.0. The minimum absolute atomic E-state index is 0. The Hall–Kier alpha value is -1.81. The summed E-state index contributed by atoms with van der Waals surface area (Å²) in [6, 6.07) is 6.79. The molecule has 0 fully saturated rings. The lowest BCUT2D eigenvalue weighted by molar-refractivity contribution is -0.0172. The molecule has 1 aromatic carbocycles. The van der Waals surface area contributed by atoms with E-state index in [1.54, 1.807) is 6.26 Å². The maximum atomic E-state index is 13.8. The van der Waals surface area contributed by atoms with Gasteiger partial charge in [0.15, 0.2) is 12.8 Å². The molecule has 6 nitrogen and oxygen atoms in total. The normalized spacial score (nSPS) is 13.3. The molecule has 0 atom stereocenters. The van der Waals surface area contributed by atoms with Crippen LogP contribution in [0, 0.1) is 5.82 Å². The van der Waals surface area contributed by atoms with Gasteiger partial charge in [0.05, 0.1) is 12.9 Å². The van der Waals surface area contributed by atoms with Crippen molar-refractivity contribution in [3.8, 4) is 5.75 Å². The smallest absolute Gasteiger partial charge is 0.191 e. The van der Waals surface area contributed by atoms with Gasteiger partial charge in [-0.3, -0.25) is 4.99 Å². The average Bonchev–Trinajstić information content (AvgIpc) is 3.15. The highest BCUT2D eigenvalue weighted by Crippen LogP contribution is 2.29. The fraction of sp³-hybridized carbons (Fsp3) is 0.421. The van der Waals surface area contributed by atoms with E-state index in [4.69, 9.17) is 13.9 Å². The quantitative estimate of drug-likeness (QED) is 0.355. The summed E-state index contributed by atoms with van der Waals surface area (Å²) >= 11 is 0. The van der Waals surface area contributed by atoms with Gasteiger partial charge in [0, 0.05) is 31.6 Å². The first-order chi connectivity index (χ1) is 12.8. The van der Waals surface area contributed by atoms with Crippen LogP contribution in [0.2, 0.25) is 0 Å². The van der Waals surface area contributed by atoms with Crippen molar-refractivity contribution < 1.29 is 18.3 Å². The first kappa shape index (κ1) is 21.5. The Kier molecular flexibility index (Phi) is 8.86. The van der Waals surface area contributed by atoms with E-state index in [0.29, 0.717) is 26.1 Å². The third-order valence-electron chi connectivity index (χ3n) is 3.99. The van der Waals surface area contributed by atoms with Crippen molar-refractivity contribution in [1.29, 1.82) is 0 Å². The largest absolute Gasteiger partial charge is 0.469 e. The Labute approximate surface area is 175 Å². The van der Waals surface area contributed by atoms with Crippen LogP contribution < -0.4 is 15.4 Å². The van der Waals surface area contributed by atoms with Crippen molar-refractivity contribution in [2.24, 2.45) is 4.99 Å². The monoisotopic (exact) mass is 489 g/mol. The number of nitrogens with zero attached hydrogens (tertiary/aromatic N) is 1. The Morgan fingerprint density at radius 3 is 2.93 bits per heavy atom. The lowest BCUT2D eigenvalue weighted by atomic mass is 10.1. The highest BCUT2D eigenvalue weighted by atomic mass is 127. The number of fused-ring (bicyclic) bond motifs is 1. The van der Waals surface area contributed by atoms with Crippen LogP contribution in [0.15, 0.2) is 39.9 Å². The fourth-order valence-electron chi connectivity index (χ4n) is 2.83. The molecule has 8 heteroatoms. The lowest BCUT2D eigenvalue weighted by Gasteiger charge is -2.21. The molecule has 1 aliphatic rings. The fourth-order valence-corrected chi connectivity index (χ4v) is 2.83. The number of hydrogen-bond acceptors (Lipinski definition) is 4. The van der Waals surface area contributed by atoms with Crippen molar-refractivity contribution in [3.63, 3.8) is 0 Å². The molecule has 2 aromatic rings. The van der Waals surface area contributed by atoms with Gasteiger partial charge in [0.1, 0.15) is 17.3 Å². The molecule has 148 valence electrons. The van der Waals surface area contributed by atoms with Gasteiger partial charge in [-0.2, -0.15) is 0 Å². The average molecular weight is 489 g/mol. The van der Waals surface area contributed by atoms with Crippen LogP contribution in [-0.2, 0) is 24.2 Å². The van der Waals surface area contributed by atoms with Crippen molar-refractivity contribution in [2.45, 2.75) is 26.4 Å². The van der Waals surface area contributed by atoms with Crippen LogP contribution in [-0.4, -0.2) is 32.4 Å². The second kappa shape index (κ2) is 11.1. The maximum absolute atomic E-state index is 13.8. The number of halogens is 2. The molecule has 0 aliphatic carbocycles. The van der Waals surface area contributed by atoms with Crippen LogP contribution in [0.4, 0.5) is 4.39 Å². The molecule has 0 spiro atoms. The summed E-state index contributed by atoms with van der Waals surface area (Å²) in [6.45, 7) is 4.61. The molecule has 0 saturated heterocycles. The molecule has 1 aromatic heterocycles. The van der Waals surface area contributed by atoms with E-state index in [1.165, 1.54) is 12.1 Å². The summed E-state index contributed by atoms with van der Waals surface area (Å²) in [6.07, 6.45) is 3.03. The molecular weight excluding hydrogens is 464 g/mol. The Balaban J connectivity index is 0.00000261. The molecule has 2 N–H and O–H groups in total. The molecule has 2 heterocycles. The first-order valence-electron chi connectivity index (χ1n) is 8.82. The van der Waals surface area contributed by atoms with Crippen LogP contribution in [0.5, 0.6) is 5.75 Å². The van der Waals surface area contributed by atoms with Crippen LogP contribution in [0.1, 0.15) is 23.8 Å². The third-order valence-corrected chi connectivity index (χ3v) is 3.99. The highest BCUT2D eigenvalue weighted by Gasteiger charge is 2.16. The molecule has 1 aliphatic heterocycles. The second-order valence-corrected chi connectivity index (χ2v) is 5.93. The predicted octanol–water partition coefficient (Wildman–Crippen LogP) is 3.24. The van der Waals surface area contributed by atoms with Crippen LogP contribution >= 0.6 is 24.0 Å². The zero-order valence-corrected chi connectivity index (χ0v) is 17.6. The number of benzene rings is 1. The van der Waals surface area contributed by atoms with E-state index in [2.05, 4.69) is 15.6 Å². The van der Waals surface area contributed by atoms with Gasteiger partial charge in [-0.15, -0.1) is 24.0 Å². The second-order valence-electron chi connectivity index (χ2n) is 5.93. The topological polar surface area (TPSA) is 68.0 Å². The zero-order valence-electron chi connectivity index (χ0n) is 15.3. The van der Waals surface area contributed by atoms with Gasteiger partial charge in [-0.05, 0) is 43.2 Å². The van der Waals surface area contributed by atoms with Gasteiger partial charge in [-0.1, -0.05) is 0 Å². The van der Waals surface area contributed by atoms with E-state index >= 15 is 0 Å². The van der Waals surface area contributed by atoms with E-state index < -0.39 is 0 Å². The summed E-state index contributed by atoms with van der Waals surface area (Å²) in [5, 5.41) is 6.48. The number of hydrogen-bond donors (Lipinski definition) is 2. The summed E-state index contributed by atoms with van der Waals surface area (Å²) < 4.78 is 29.9. The SMILES string of the molecule is CCNC(=NCCc1ccco1)NCCc1cc(F)cc2c1OCOC2.I. The Morgan fingerprint density at radius 2 is 2.15 bits per heavy atom. The molecule has 0 unspecified atom stereocenters. The van der Waals surface area contributed by atoms with Gasteiger partial charge >= 0.3 is 0 Å².